The molecule has 1 aromatic heterocycles. The van der Waals surface area contributed by atoms with Gasteiger partial charge in [-0.1, -0.05) is 69.6 Å². The van der Waals surface area contributed by atoms with Crippen LogP contribution in [-0.4, -0.2) is 4.98 Å². The van der Waals surface area contributed by atoms with Crippen LogP contribution >= 0.6 is 92.2 Å². The normalized spacial score (nSPS) is 11.8. The van der Waals surface area contributed by atoms with E-state index in [1.54, 1.807) is 0 Å². The number of nitrogens with zero attached hydrogens (tertiary/aromatic N) is 1. The molecule has 0 spiro atoms. The van der Waals surface area contributed by atoms with E-state index in [0.29, 0.717) is 3.57 Å². The topological polar surface area (TPSA) is 12.9 Å². The molecule has 3 rings (SSSR count). The summed E-state index contributed by atoms with van der Waals surface area (Å²) in [5.74, 6) is 0. The average molecular weight is 632 g/mol. The maximum absolute atomic E-state index is 13.6. The molecular formula is C18H5Cl6F3IN. The van der Waals surface area contributed by atoms with Crippen molar-refractivity contribution in [3.8, 4) is 22.4 Å². The molecule has 0 aliphatic rings. The fourth-order valence-electron chi connectivity index (χ4n) is 2.53. The molecule has 0 radical (unpaired) electrons. The Labute approximate surface area is 207 Å². The van der Waals surface area contributed by atoms with Crippen molar-refractivity contribution in [3.05, 3.63) is 69.7 Å². The summed E-state index contributed by atoms with van der Waals surface area (Å²) in [4.78, 5) is 3.77. The van der Waals surface area contributed by atoms with Gasteiger partial charge in [-0.3, -0.25) is 0 Å². The van der Waals surface area contributed by atoms with E-state index < -0.39 is 11.9 Å². The second-order valence-corrected chi connectivity index (χ2v) is 9.24. The molecule has 0 bridgehead atoms. The van der Waals surface area contributed by atoms with Crippen molar-refractivity contribution in [2.24, 2.45) is 0 Å². The van der Waals surface area contributed by atoms with Crippen LogP contribution in [0.15, 0.2) is 30.3 Å². The van der Waals surface area contributed by atoms with Crippen LogP contribution in [0.1, 0.15) is 5.69 Å². The average Bonchev–Trinajstić information content (AvgIpc) is 2.60. The van der Waals surface area contributed by atoms with E-state index in [9.17, 15) is 13.2 Å². The first-order chi connectivity index (χ1) is 13.4. The number of benzene rings is 2. The highest BCUT2D eigenvalue weighted by Gasteiger charge is 2.35. The molecule has 152 valence electrons. The number of hydrogen-bond donors (Lipinski definition) is 0. The monoisotopic (exact) mass is 629 g/mol. The largest absolute Gasteiger partial charge is 0.433 e. The Kier molecular flexibility index (Phi) is 7.11. The standard InChI is InChI=1S/C18H5Cl6F3IN/c19-6-1-8(14(23)11(21)3-6)9-5-13(18(25,26)27)29-17(16(9)28)10-2-7(20)4-12(22)15(10)24/h1-5H. The van der Waals surface area contributed by atoms with E-state index in [-0.39, 0.29) is 52.5 Å². The maximum Gasteiger partial charge on any atom is 0.433 e. The molecule has 0 aliphatic heterocycles. The van der Waals surface area contributed by atoms with Crippen LogP contribution in [-0.2, 0) is 6.18 Å². The number of hydrogen-bond acceptors (Lipinski definition) is 1. The summed E-state index contributed by atoms with van der Waals surface area (Å²) in [7, 11) is 0. The lowest BCUT2D eigenvalue weighted by atomic mass is 10.0. The van der Waals surface area contributed by atoms with Gasteiger partial charge in [0.25, 0.3) is 0 Å². The summed E-state index contributed by atoms with van der Waals surface area (Å²) in [5, 5.41) is 0.641. The molecule has 0 atom stereocenters. The first kappa shape index (κ1) is 23.5. The van der Waals surface area contributed by atoms with E-state index in [2.05, 4.69) is 4.98 Å². The van der Waals surface area contributed by atoms with E-state index in [1.807, 2.05) is 22.6 Å². The third-order valence-corrected chi connectivity index (χ3v) is 6.91. The van der Waals surface area contributed by atoms with Gasteiger partial charge in [0.15, 0.2) is 0 Å². The second-order valence-electron chi connectivity index (χ2n) is 5.71. The summed E-state index contributed by atoms with van der Waals surface area (Å²) < 4.78 is 41.1. The van der Waals surface area contributed by atoms with Gasteiger partial charge in [0.05, 0.1) is 25.8 Å². The molecule has 1 heterocycles. The van der Waals surface area contributed by atoms with Crippen LogP contribution in [0.3, 0.4) is 0 Å². The van der Waals surface area contributed by atoms with E-state index in [1.165, 1.54) is 24.3 Å². The van der Waals surface area contributed by atoms with Crippen molar-refractivity contribution < 1.29 is 13.2 Å². The summed E-state index contributed by atoms with van der Waals surface area (Å²) in [6.45, 7) is 0. The molecule has 0 saturated carbocycles. The van der Waals surface area contributed by atoms with Crippen LogP contribution in [0, 0.1) is 3.57 Å². The Morgan fingerprint density at radius 1 is 0.690 bits per heavy atom. The van der Waals surface area contributed by atoms with Gasteiger partial charge in [0.1, 0.15) is 5.69 Å². The fraction of sp³-hybridized carbons (Fsp3) is 0.0556. The third kappa shape index (κ3) is 4.86. The predicted molar refractivity (Wildman–Crippen MR) is 123 cm³/mol. The molecule has 0 saturated heterocycles. The predicted octanol–water partition coefficient (Wildman–Crippen LogP) is 9.96. The van der Waals surface area contributed by atoms with Gasteiger partial charge >= 0.3 is 6.18 Å². The highest BCUT2D eigenvalue weighted by atomic mass is 127. The Morgan fingerprint density at radius 3 is 1.69 bits per heavy atom. The highest BCUT2D eigenvalue weighted by molar-refractivity contribution is 14.1. The number of pyridine rings is 1. The van der Waals surface area contributed by atoms with Crippen molar-refractivity contribution in [2.45, 2.75) is 6.18 Å². The molecule has 29 heavy (non-hydrogen) atoms. The number of aromatic nitrogens is 1. The third-order valence-electron chi connectivity index (χ3n) is 3.78. The summed E-state index contributed by atoms with van der Waals surface area (Å²) in [6.07, 6.45) is -4.74. The van der Waals surface area contributed by atoms with Crippen molar-refractivity contribution in [1.29, 1.82) is 0 Å². The molecular weight excluding hydrogens is 627 g/mol. The zero-order chi connectivity index (χ0) is 21.7. The van der Waals surface area contributed by atoms with Crippen molar-refractivity contribution >= 4 is 92.2 Å². The highest BCUT2D eigenvalue weighted by Crippen LogP contribution is 2.45. The molecule has 0 fully saturated rings. The lowest BCUT2D eigenvalue weighted by molar-refractivity contribution is -0.141. The molecule has 0 amide bonds. The minimum Gasteiger partial charge on any atom is -0.242 e. The van der Waals surface area contributed by atoms with Gasteiger partial charge in [-0.25, -0.2) is 4.98 Å². The van der Waals surface area contributed by atoms with Crippen LogP contribution < -0.4 is 0 Å². The van der Waals surface area contributed by atoms with Gasteiger partial charge in [0.2, 0.25) is 0 Å². The minimum absolute atomic E-state index is 0.0157. The molecule has 3 aromatic rings. The number of alkyl halides is 3. The van der Waals surface area contributed by atoms with Gasteiger partial charge in [0, 0.05) is 30.3 Å². The lowest BCUT2D eigenvalue weighted by Gasteiger charge is -2.17. The number of rotatable bonds is 2. The summed E-state index contributed by atoms with van der Waals surface area (Å²) in [5.41, 5.74) is -0.721. The van der Waals surface area contributed by atoms with E-state index in [0.717, 1.165) is 6.07 Å². The van der Waals surface area contributed by atoms with Crippen LogP contribution in [0.25, 0.3) is 22.4 Å². The molecule has 0 aliphatic carbocycles. The van der Waals surface area contributed by atoms with Gasteiger partial charge in [-0.2, -0.15) is 13.2 Å². The molecule has 0 N–H and O–H groups in total. The first-order valence-corrected chi connectivity index (χ1v) is 10.8. The van der Waals surface area contributed by atoms with Crippen molar-refractivity contribution in [1.82, 2.24) is 4.98 Å². The zero-order valence-electron chi connectivity index (χ0n) is 13.6. The van der Waals surface area contributed by atoms with Crippen LogP contribution in [0.2, 0.25) is 30.1 Å². The smallest absolute Gasteiger partial charge is 0.242 e. The van der Waals surface area contributed by atoms with Crippen molar-refractivity contribution in [2.75, 3.05) is 0 Å². The van der Waals surface area contributed by atoms with Gasteiger partial charge in [-0.05, 0) is 52.9 Å². The van der Waals surface area contributed by atoms with Gasteiger partial charge < -0.3 is 0 Å². The molecule has 0 unspecified atom stereocenters. The first-order valence-electron chi connectivity index (χ1n) is 7.47. The second kappa shape index (κ2) is 8.77. The minimum atomic E-state index is -4.74. The van der Waals surface area contributed by atoms with E-state index in [4.69, 9.17) is 69.6 Å². The zero-order valence-corrected chi connectivity index (χ0v) is 20.3. The Hall–Kier alpha value is -0.150. The molecule has 2 aromatic carbocycles. The lowest BCUT2D eigenvalue weighted by Crippen LogP contribution is -2.10. The Morgan fingerprint density at radius 2 is 1.17 bits per heavy atom. The Balaban J connectivity index is 2.43. The quantitative estimate of drug-likeness (QED) is 0.203. The molecule has 1 nitrogen and oxygen atoms in total. The summed E-state index contributed by atoms with van der Waals surface area (Å²) in [6, 6.07) is 6.45. The van der Waals surface area contributed by atoms with E-state index >= 15 is 0 Å². The Bertz CT molecular complexity index is 1060. The fourth-order valence-corrected chi connectivity index (χ4v) is 4.78. The number of halogens is 10. The SMILES string of the molecule is FC(F)(F)c1cc(-c2cc(Cl)cc(Cl)c2Cl)c(I)c(-c2cc(Cl)cc(Cl)c2Cl)n1. The van der Waals surface area contributed by atoms with Crippen LogP contribution in [0.5, 0.6) is 0 Å². The van der Waals surface area contributed by atoms with Gasteiger partial charge in [-0.15, -0.1) is 0 Å². The maximum atomic E-state index is 13.6. The van der Waals surface area contributed by atoms with Crippen molar-refractivity contribution in [3.63, 3.8) is 0 Å². The van der Waals surface area contributed by atoms with Crippen LogP contribution in [0.4, 0.5) is 13.2 Å². The summed E-state index contributed by atoms with van der Waals surface area (Å²) >= 11 is 38.5. The molecule has 11 heteroatoms.